The van der Waals surface area contributed by atoms with Crippen LogP contribution in [0.5, 0.6) is 5.75 Å². The largest absolute Gasteiger partial charge is 0.508 e. The Morgan fingerprint density at radius 2 is 2.00 bits per heavy atom. The van der Waals surface area contributed by atoms with Gasteiger partial charge < -0.3 is 15.7 Å². The number of carbonyl (C=O) groups is 1. The Hall–Kier alpha value is -2.01. The van der Waals surface area contributed by atoms with Crippen molar-refractivity contribution in [3.05, 3.63) is 52.2 Å². The molecule has 0 fully saturated rings. The third kappa shape index (κ3) is 5.77. The lowest BCUT2D eigenvalue weighted by Gasteiger charge is -2.14. The number of hydrogen-bond acceptors (Lipinski definition) is 3. The van der Waals surface area contributed by atoms with E-state index in [0.29, 0.717) is 6.54 Å². The molecule has 2 rings (SSSR count). The van der Waals surface area contributed by atoms with Gasteiger partial charge in [0.15, 0.2) is 0 Å². The van der Waals surface area contributed by atoms with Gasteiger partial charge in [0.05, 0.1) is 0 Å². The lowest BCUT2D eigenvalue weighted by Crippen LogP contribution is -2.42. The quantitative estimate of drug-likeness (QED) is 0.686. The predicted octanol–water partition coefficient (Wildman–Crippen LogP) is 3.32. The number of phenolic OH excluding ortho intramolecular Hbond substituents is 1. The van der Waals surface area contributed by atoms with Crippen molar-refractivity contribution < 1.29 is 9.90 Å². The summed E-state index contributed by atoms with van der Waals surface area (Å²) in [6.07, 6.45) is 2.60. The molecule has 0 saturated heterocycles. The number of hydrogen-bond donors (Lipinski definition) is 3. The van der Waals surface area contributed by atoms with E-state index in [-0.39, 0.29) is 17.8 Å². The topological polar surface area (TPSA) is 61.4 Å². The third-order valence-electron chi connectivity index (χ3n) is 3.36. The van der Waals surface area contributed by atoms with Gasteiger partial charge in [-0.05, 0) is 66.3 Å². The van der Waals surface area contributed by atoms with Crippen molar-refractivity contribution in [2.24, 2.45) is 0 Å². The molecular formula is C17H22N2O2S. The Morgan fingerprint density at radius 3 is 2.68 bits per heavy atom. The number of phenols is 1. The summed E-state index contributed by atoms with van der Waals surface area (Å²) in [5, 5.41) is 19.2. The molecule has 0 radical (unpaired) electrons. The van der Waals surface area contributed by atoms with Crippen molar-refractivity contribution in [2.75, 3.05) is 6.54 Å². The highest BCUT2D eigenvalue weighted by molar-refractivity contribution is 7.07. The molecule has 4 nitrogen and oxygen atoms in total. The average Bonchev–Trinajstić information content (AvgIpc) is 2.98. The SMILES string of the molecule is C[C@@H](Cc1ccsc1)NC(=O)NCCCc1ccc(O)cc1. The minimum absolute atomic E-state index is 0.117. The molecule has 1 atom stereocenters. The van der Waals surface area contributed by atoms with Crippen molar-refractivity contribution in [3.8, 4) is 5.75 Å². The fraction of sp³-hybridized carbons (Fsp3) is 0.353. The molecule has 0 saturated carbocycles. The monoisotopic (exact) mass is 318 g/mol. The lowest BCUT2D eigenvalue weighted by molar-refractivity contribution is 0.237. The van der Waals surface area contributed by atoms with Gasteiger partial charge in [-0.25, -0.2) is 4.79 Å². The Morgan fingerprint density at radius 1 is 1.23 bits per heavy atom. The van der Waals surface area contributed by atoms with E-state index in [1.165, 1.54) is 5.56 Å². The molecule has 0 spiro atoms. The van der Waals surface area contributed by atoms with Crippen LogP contribution in [0.25, 0.3) is 0 Å². The summed E-state index contributed by atoms with van der Waals surface area (Å²) in [6, 6.07) is 9.25. The number of rotatable bonds is 7. The Balaban J connectivity index is 1.60. The van der Waals surface area contributed by atoms with Crippen LogP contribution in [0.2, 0.25) is 0 Å². The highest BCUT2D eigenvalue weighted by Gasteiger charge is 2.07. The molecule has 1 aromatic carbocycles. The fourth-order valence-electron chi connectivity index (χ4n) is 2.25. The zero-order valence-corrected chi connectivity index (χ0v) is 13.5. The lowest BCUT2D eigenvalue weighted by atomic mass is 10.1. The molecule has 22 heavy (non-hydrogen) atoms. The maximum atomic E-state index is 11.8. The maximum absolute atomic E-state index is 11.8. The third-order valence-corrected chi connectivity index (χ3v) is 4.10. The van der Waals surface area contributed by atoms with E-state index in [9.17, 15) is 9.90 Å². The van der Waals surface area contributed by atoms with Gasteiger partial charge in [0.1, 0.15) is 5.75 Å². The highest BCUT2D eigenvalue weighted by atomic mass is 32.1. The van der Waals surface area contributed by atoms with Crippen molar-refractivity contribution in [1.82, 2.24) is 10.6 Å². The molecule has 0 aliphatic carbocycles. The van der Waals surface area contributed by atoms with Gasteiger partial charge in [-0.2, -0.15) is 11.3 Å². The number of aryl methyl sites for hydroxylation is 1. The molecular weight excluding hydrogens is 296 g/mol. The average molecular weight is 318 g/mol. The molecule has 0 aliphatic heterocycles. The second-order valence-corrected chi connectivity index (χ2v) is 6.19. The van der Waals surface area contributed by atoms with Crippen LogP contribution in [0.15, 0.2) is 41.1 Å². The summed E-state index contributed by atoms with van der Waals surface area (Å²) in [6.45, 7) is 2.64. The first-order valence-electron chi connectivity index (χ1n) is 7.47. The van der Waals surface area contributed by atoms with Crippen LogP contribution in [-0.4, -0.2) is 23.7 Å². The normalized spacial score (nSPS) is 11.9. The van der Waals surface area contributed by atoms with Crippen molar-refractivity contribution in [2.45, 2.75) is 32.2 Å². The number of benzene rings is 1. The molecule has 2 amide bonds. The highest BCUT2D eigenvalue weighted by Crippen LogP contribution is 2.11. The summed E-state index contributed by atoms with van der Waals surface area (Å²) in [7, 11) is 0. The van der Waals surface area contributed by atoms with Gasteiger partial charge in [0.2, 0.25) is 0 Å². The summed E-state index contributed by atoms with van der Waals surface area (Å²) in [4.78, 5) is 11.8. The van der Waals surface area contributed by atoms with Crippen LogP contribution in [0.4, 0.5) is 4.79 Å². The van der Waals surface area contributed by atoms with Crippen molar-refractivity contribution >= 4 is 17.4 Å². The van der Waals surface area contributed by atoms with Crippen LogP contribution in [-0.2, 0) is 12.8 Å². The minimum atomic E-state index is -0.117. The van der Waals surface area contributed by atoms with E-state index in [1.54, 1.807) is 23.5 Å². The van der Waals surface area contributed by atoms with Gasteiger partial charge in [0.25, 0.3) is 0 Å². The molecule has 0 unspecified atom stereocenters. The first-order chi connectivity index (χ1) is 10.6. The molecule has 1 aromatic heterocycles. The van der Waals surface area contributed by atoms with Crippen LogP contribution < -0.4 is 10.6 Å². The van der Waals surface area contributed by atoms with Gasteiger partial charge in [-0.3, -0.25) is 0 Å². The van der Waals surface area contributed by atoms with E-state index in [1.807, 2.05) is 24.4 Å². The van der Waals surface area contributed by atoms with E-state index in [4.69, 9.17) is 0 Å². The Kier molecular flexibility index (Phi) is 6.27. The number of nitrogens with one attached hydrogen (secondary N) is 2. The standard InChI is InChI=1S/C17H22N2O2S/c1-13(11-15-8-10-22-12-15)19-17(21)18-9-2-3-14-4-6-16(20)7-5-14/h4-8,10,12-13,20H,2-3,9,11H2,1H3,(H2,18,19,21)/t13-/m0/s1. The number of thiophene rings is 1. The molecule has 118 valence electrons. The maximum Gasteiger partial charge on any atom is 0.315 e. The molecule has 1 heterocycles. The smallest absolute Gasteiger partial charge is 0.315 e. The van der Waals surface area contributed by atoms with Crippen LogP contribution in [0.3, 0.4) is 0 Å². The van der Waals surface area contributed by atoms with Crippen LogP contribution >= 0.6 is 11.3 Å². The van der Waals surface area contributed by atoms with Crippen molar-refractivity contribution in [3.63, 3.8) is 0 Å². The zero-order chi connectivity index (χ0) is 15.8. The van der Waals surface area contributed by atoms with Crippen LogP contribution in [0, 0.1) is 0 Å². The fourth-order valence-corrected chi connectivity index (χ4v) is 2.93. The van der Waals surface area contributed by atoms with Gasteiger partial charge in [-0.1, -0.05) is 12.1 Å². The summed E-state index contributed by atoms with van der Waals surface area (Å²) in [5.41, 5.74) is 2.41. The Labute approximate surface area is 135 Å². The van der Waals surface area contributed by atoms with Crippen molar-refractivity contribution in [1.29, 1.82) is 0 Å². The molecule has 0 bridgehead atoms. The summed E-state index contributed by atoms with van der Waals surface area (Å²) in [5.74, 6) is 0.279. The molecule has 5 heteroatoms. The number of amides is 2. The molecule has 3 N–H and O–H groups in total. The van der Waals surface area contributed by atoms with Gasteiger partial charge >= 0.3 is 6.03 Å². The van der Waals surface area contributed by atoms with Gasteiger partial charge in [0, 0.05) is 12.6 Å². The van der Waals surface area contributed by atoms with E-state index < -0.39 is 0 Å². The second-order valence-electron chi connectivity index (χ2n) is 5.41. The number of aromatic hydroxyl groups is 1. The molecule has 2 aromatic rings. The summed E-state index contributed by atoms with van der Waals surface area (Å²) < 4.78 is 0. The Bertz CT molecular complexity index is 567. The minimum Gasteiger partial charge on any atom is -0.508 e. The first kappa shape index (κ1) is 16.4. The van der Waals surface area contributed by atoms with Gasteiger partial charge in [-0.15, -0.1) is 0 Å². The van der Waals surface area contributed by atoms with Crippen LogP contribution in [0.1, 0.15) is 24.5 Å². The van der Waals surface area contributed by atoms with E-state index in [0.717, 1.165) is 24.8 Å². The first-order valence-corrected chi connectivity index (χ1v) is 8.41. The number of carbonyl (C=O) groups excluding carboxylic acids is 1. The second kappa shape index (κ2) is 8.44. The van der Waals surface area contributed by atoms with E-state index in [2.05, 4.69) is 22.1 Å². The molecule has 0 aliphatic rings. The summed E-state index contributed by atoms with van der Waals surface area (Å²) >= 11 is 1.67. The predicted molar refractivity (Wildman–Crippen MR) is 90.4 cm³/mol. The number of urea groups is 1. The zero-order valence-electron chi connectivity index (χ0n) is 12.7. The van der Waals surface area contributed by atoms with E-state index >= 15 is 0 Å².